The Kier molecular flexibility index (Phi) is 6.93. The highest BCUT2D eigenvalue weighted by Gasteiger charge is 2.19. The first-order valence-electron chi connectivity index (χ1n) is 8.22. The van der Waals surface area contributed by atoms with Crippen LogP contribution in [0.3, 0.4) is 0 Å². The number of hydrogen-bond acceptors (Lipinski definition) is 4. The van der Waals surface area contributed by atoms with E-state index in [0.717, 1.165) is 49.8 Å². The Balaban J connectivity index is 2.77. The molecule has 120 valence electrons. The van der Waals surface area contributed by atoms with Gasteiger partial charge >= 0.3 is 0 Å². The van der Waals surface area contributed by atoms with Crippen LogP contribution in [0.25, 0.3) is 0 Å². The summed E-state index contributed by atoms with van der Waals surface area (Å²) in [6, 6.07) is 2.02. The van der Waals surface area contributed by atoms with E-state index in [2.05, 4.69) is 62.1 Å². The highest BCUT2D eigenvalue weighted by molar-refractivity contribution is 5.47. The predicted octanol–water partition coefficient (Wildman–Crippen LogP) is 4.35. The fourth-order valence-corrected chi connectivity index (χ4v) is 1.83. The van der Waals surface area contributed by atoms with Gasteiger partial charge < -0.3 is 10.6 Å². The zero-order valence-corrected chi connectivity index (χ0v) is 14.6. The molecule has 0 aromatic carbocycles. The molecule has 1 aromatic rings. The van der Waals surface area contributed by atoms with E-state index in [1.54, 1.807) is 0 Å². The third-order valence-electron chi connectivity index (χ3n) is 3.87. The first-order valence-corrected chi connectivity index (χ1v) is 8.22. The zero-order valence-electron chi connectivity index (χ0n) is 14.6. The van der Waals surface area contributed by atoms with Crippen molar-refractivity contribution in [3.8, 4) is 0 Å². The number of nitrogens with zero attached hydrogens (tertiary/aromatic N) is 2. The van der Waals surface area contributed by atoms with Gasteiger partial charge in [-0.15, -0.1) is 0 Å². The zero-order chi connectivity index (χ0) is 15.9. The minimum Gasteiger partial charge on any atom is -0.370 e. The molecule has 0 bridgehead atoms. The van der Waals surface area contributed by atoms with Gasteiger partial charge in [-0.25, -0.2) is 9.97 Å². The lowest BCUT2D eigenvalue weighted by atomic mass is 9.82. The Morgan fingerprint density at radius 2 is 1.67 bits per heavy atom. The molecule has 0 aliphatic rings. The maximum atomic E-state index is 4.62. The number of hydrogen-bond donors (Lipinski definition) is 2. The highest BCUT2D eigenvalue weighted by Crippen LogP contribution is 2.25. The molecule has 21 heavy (non-hydrogen) atoms. The van der Waals surface area contributed by atoms with Gasteiger partial charge in [0.15, 0.2) is 0 Å². The fourth-order valence-electron chi connectivity index (χ4n) is 1.83. The first-order chi connectivity index (χ1) is 9.86. The maximum Gasteiger partial charge on any atom is 0.133 e. The molecule has 1 unspecified atom stereocenters. The van der Waals surface area contributed by atoms with Crippen LogP contribution in [0.5, 0.6) is 0 Å². The fraction of sp³-hybridized carbons (Fsp3) is 0.765. The Morgan fingerprint density at radius 3 is 2.19 bits per heavy atom. The minimum absolute atomic E-state index is 0.301. The average Bonchev–Trinajstić information content (AvgIpc) is 2.41. The number of nitrogens with one attached hydrogen (secondary N) is 2. The van der Waals surface area contributed by atoms with Crippen molar-refractivity contribution < 1.29 is 0 Å². The SMILES string of the molecule is CCCNc1cc(NCC(C)C(C)(C)C)nc(CCC)n1. The lowest BCUT2D eigenvalue weighted by Gasteiger charge is -2.27. The first kappa shape index (κ1) is 17.7. The molecule has 0 amide bonds. The molecule has 0 saturated carbocycles. The van der Waals surface area contributed by atoms with Crippen LogP contribution in [0.2, 0.25) is 0 Å². The second-order valence-electron chi connectivity index (χ2n) is 6.88. The molecule has 2 N–H and O–H groups in total. The Hall–Kier alpha value is -1.32. The number of aromatic nitrogens is 2. The molecule has 0 aliphatic carbocycles. The summed E-state index contributed by atoms with van der Waals surface area (Å²) in [7, 11) is 0. The third kappa shape index (κ3) is 6.32. The second kappa shape index (κ2) is 8.20. The van der Waals surface area contributed by atoms with E-state index in [1.165, 1.54) is 0 Å². The van der Waals surface area contributed by atoms with Gasteiger partial charge in [-0.1, -0.05) is 41.5 Å². The molecular formula is C17H32N4. The van der Waals surface area contributed by atoms with E-state index in [1.807, 2.05) is 6.07 Å². The van der Waals surface area contributed by atoms with Crippen LogP contribution in [0.1, 0.15) is 60.2 Å². The summed E-state index contributed by atoms with van der Waals surface area (Å²) in [5.41, 5.74) is 0.301. The summed E-state index contributed by atoms with van der Waals surface area (Å²) < 4.78 is 0. The van der Waals surface area contributed by atoms with Crippen molar-refractivity contribution in [1.82, 2.24) is 9.97 Å². The molecule has 4 heteroatoms. The lowest BCUT2D eigenvalue weighted by Crippen LogP contribution is -2.25. The van der Waals surface area contributed by atoms with Gasteiger partial charge in [0.25, 0.3) is 0 Å². The summed E-state index contributed by atoms with van der Waals surface area (Å²) in [5, 5.41) is 6.84. The van der Waals surface area contributed by atoms with E-state index < -0.39 is 0 Å². The molecule has 1 aromatic heterocycles. The van der Waals surface area contributed by atoms with Crippen LogP contribution in [0.4, 0.5) is 11.6 Å². The van der Waals surface area contributed by atoms with Crippen molar-refractivity contribution in [2.75, 3.05) is 23.7 Å². The topological polar surface area (TPSA) is 49.8 Å². The van der Waals surface area contributed by atoms with Gasteiger partial charge in [0.05, 0.1) is 0 Å². The monoisotopic (exact) mass is 292 g/mol. The van der Waals surface area contributed by atoms with Crippen molar-refractivity contribution in [3.63, 3.8) is 0 Å². The van der Waals surface area contributed by atoms with Crippen molar-refractivity contribution in [2.45, 2.75) is 60.8 Å². The van der Waals surface area contributed by atoms with Crippen molar-refractivity contribution in [1.29, 1.82) is 0 Å². The van der Waals surface area contributed by atoms with E-state index >= 15 is 0 Å². The molecule has 1 rings (SSSR count). The van der Waals surface area contributed by atoms with Crippen LogP contribution in [-0.4, -0.2) is 23.1 Å². The molecule has 0 spiro atoms. The van der Waals surface area contributed by atoms with E-state index in [4.69, 9.17) is 0 Å². The van der Waals surface area contributed by atoms with Gasteiger partial charge in [0.2, 0.25) is 0 Å². The van der Waals surface area contributed by atoms with Crippen LogP contribution in [-0.2, 0) is 6.42 Å². The summed E-state index contributed by atoms with van der Waals surface area (Å²) in [5.74, 6) is 3.36. The minimum atomic E-state index is 0.301. The standard InChI is InChI=1S/C17H32N4/c1-7-9-14-20-15(18-10-8-2)11-16(21-14)19-12-13(3)17(4,5)6/h11,13H,7-10,12H2,1-6H3,(H2,18,19,20,21). The van der Waals surface area contributed by atoms with Crippen molar-refractivity contribution in [2.24, 2.45) is 11.3 Å². The van der Waals surface area contributed by atoms with Gasteiger partial charge in [-0.3, -0.25) is 0 Å². The van der Waals surface area contributed by atoms with Crippen molar-refractivity contribution in [3.05, 3.63) is 11.9 Å². The van der Waals surface area contributed by atoms with Gasteiger partial charge in [0, 0.05) is 25.6 Å². The number of anilines is 2. The summed E-state index contributed by atoms with van der Waals surface area (Å²) in [6.45, 7) is 15.3. The Morgan fingerprint density at radius 1 is 1.05 bits per heavy atom. The molecular weight excluding hydrogens is 260 g/mol. The van der Waals surface area contributed by atoms with Crippen molar-refractivity contribution >= 4 is 11.6 Å². The quantitative estimate of drug-likeness (QED) is 0.748. The number of rotatable bonds is 8. The predicted molar refractivity (Wildman–Crippen MR) is 91.9 cm³/mol. The lowest BCUT2D eigenvalue weighted by molar-refractivity contribution is 0.274. The summed E-state index contributed by atoms with van der Waals surface area (Å²) >= 11 is 0. The second-order valence-corrected chi connectivity index (χ2v) is 6.88. The smallest absolute Gasteiger partial charge is 0.133 e. The molecule has 4 nitrogen and oxygen atoms in total. The summed E-state index contributed by atoms with van der Waals surface area (Å²) in [6.07, 6.45) is 3.08. The third-order valence-corrected chi connectivity index (χ3v) is 3.87. The van der Waals surface area contributed by atoms with Crippen LogP contribution in [0, 0.1) is 11.3 Å². The van der Waals surface area contributed by atoms with E-state index in [9.17, 15) is 0 Å². The van der Waals surface area contributed by atoms with Crippen LogP contribution in [0.15, 0.2) is 6.07 Å². The Labute approximate surface area is 130 Å². The van der Waals surface area contributed by atoms with Crippen LogP contribution >= 0.6 is 0 Å². The molecule has 0 fully saturated rings. The molecule has 0 aliphatic heterocycles. The average molecular weight is 292 g/mol. The molecule has 1 atom stereocenters. The van der Waals surface area contributed by atoms with E-state index in [-0.39, 0.29) is 0 Å². The van der Waals surface area contributed by atoms with Gasteiger partial charge in [0.1, 0.15) is 17.5 Å². The highest BCUT2D eigenvalue weighted by atomic mass is 15.1. The molecule has 1 heterocycles. The summed E-state index contributed by atoms with van der Waals surface area (Å²) in [4.78, 5) is 9.20. The molecule has 0 radical (unpaired) electrons. The van der Waals surface area contributed by atoms with E-state index in [0.29, 0.717) is 11.3 Å². The normalized spacial score (nSPS) is 13.0. The largest absolute Gasteiger partial charge is 0.370 e. The Bertz CT molecular complexity index is 423. The maximum absolute atomic E-state index is 4.62. The number of aryl methyl sites for hydroxylation is 1. The van der Waals surface area contributed by atoms with Gasteiger partial charge in [-0.2, -0.15) is 0 Å². The van der Waals surface area contributed by atoms with Gasteiger partial charge in [-0.05, 0) is 24.2 Å². The van der Waals surface area contributed by atoms with Crippen LogP contribution < -0.4 is 10.6 Å². The molecule has 0 saturated heterocycles.